The fourth-order valence-electron chi connectivity index (χ4n) is 6.57. The molecule has 0 spiro atoms. The van der Waals surface area contributed by atoms with Crippen LogP contribution < -0.4 is 16.0 Å². The van der Waals surface area contributed by atoms with E-state index in [4.69, 9.17) is 10.5 Å². The molecule has 0 saturated carbocycles. The van der Waals surface area contributed by atoms with Crippen LogP contribution in [-0.4, -0.2) is 58.7 Å². The summed E-state index contributed by atoms with van der Waals surface area (Å²) in [7, 11) is 0. The molecule has 3 atom stereocenters. The van der Waals surface area contributed by atoms with Crippen molar-refractivity contribution in [2.24, 2.45) is 0 Å². The molecule has 2 saturated heterocycles. The first-order chi connectivity index (χ1) is 19.5. The topological polar surface area (TPSA) is 125 Å². The van der Waals surface area contributed by atoms with Crippen LogP contribution in [0.2, 0.25) is 0 Å². The van der Waals surface area contributed by atoms with Crippen LogP contribution in [0, 0.1) is 18.3 Å². The maximum atomic E-state index is 13.2. The molecular weight excluding hydrogens is 536 g/mol. The zero-order valence-electron chi connectivity index (χ0n) is 24.0. The van der Waals surface area contributed by atoms with E-state index in [1.807, 2.05) is 50.8 Å². The summed E-state index contributed by atoms with van der Waals surface area (Å²) in [6.45, 7) is 8.97. The highest BCUT2D eigenvalue weighted by Crippen LogP contribution is 2.38. The summed E-state index contributed by atoms with van der Waals surface area (Å²) in [5, 5.41) is 14.2. The number of aryl methyl sites for hydroxylation is 1. The normalized spacial score (nSPS) is 21.9. The van der Waals surface area contributed by atoms with Crippen molar-refractivity contribution in [1.29, 1.82) is 5.26 Å². The summed E-state index contributed by atoms with van der Waals surface area (Å²) >= 11 is 1.32. The largest absolute Gasteiger partial charge is 0.444 e. The van der Waals surface area contributed by atoms with Crippen LogP contribution >= 0.6 is 11.3 Å². The lowest BCUT2D eigenvalue weighted by Crippen LogP contribution is -2.57. The molecule has 2 bridgehead atoms. The molecular formula is C31H36N6O3S. The zero-order valence-corrected chi connectivity index (χ0v) is 24.8. The Balaban J connectivity index is 1.17. The summed E-state index contributed by atoms with van der Waals surface area (Å²) in [6, 6.07) is 10.6. The molecule has 2 aliphatic heterocycles. The molecule has 41 heavy (non-hydrogen) atoms. The second-order valence-corrected chi connectivity index (χ2v) is 13.4. The first kappa shape index (κ1) is 27.3. The van der Waals surface area contributed by atoms with Crippen molar-refractivity contribution in [1.82, 2.24) is 15.2 Å². The van der Waals surface area contributed by atoms with Crippen LogP contribution in [0.1, 0.15) is 72.1 Å². The monoisotopic (exact) mass is 572 g/mol. The van der Waals surface area contributed by atoms with Crippen LogP contribution in [-0.2, 0) is 17.6 Å². The Kier molecular flexibility index (Phi) is 6.81. The van der Waals surface area contributed by atoms with Gasteiger partial charge < -0.3 is 20.7 Å². The summed E-state index contributed by atoms with van der Waals surface area (Å²) in [5.41, 5.74) is 11.0. The van der Waals surface area contributed by atoms with Gasteiger partial charge in [0.2, 0.25) is 0 Å². The van der Waals surface area contributed by atoms with E-state index in [2.05, 4.69) is 27.3 Å². The number of nitrogen functional groups attached to an aromatic ring is 1. The number of hydrogen-bond acceptors (Lipinski definition) is 8. The minimum Gasteiger partial charge on any atom is -0.444 e. The number of fused-ring (bicyclic) bond motifs is 4. The number of nitrogens with one attached hydrogen (secondary N) is 1. The van der Waals surface area contributed by atoms with Gasteiger partial charge in [-0.2, -0.15) is 5.26 Å². The second-order valence-electron chi connectivity index (χ2n) is 12.5. The van der Waals surface area contributed by atoms with E-state index in [9.17, 15) is 14.9 Å². The fourth-order valence-corrected chi connectivity index (χ4v) is 7.62. The van der Waals surface area contributed by atoms with Gasteiger partial charge in [0.05, 0.1) is 29.0 Å². The van der Waals surface area contributed by atoms with Crippen molar-refractivity contribution in [3.05, 3.63) is 51.5 Å². The number of pyridine rings is 1. The Morgan fingerprint density at radius 2 is 1.88 bits per heavy atom. The molecule has 1 aliphatic carbocycles. The zero-order chi connectivity index (χ0) is 29.1. The number of amides is 2. The standard InChI is InChI=1S/C31H36N6O3S/c1-17-5-10-23-26(33)27(41-29(23)34-17)28(38)35-19-7-11-22-18(13-19)6-12-25(24(22)14-32)36-15-20-8-9-21(16-36)37(20)30(39)40-31(2,3)4/h5-6,10,12,19-21H,7-9,11,13,15-16,33H2,1-4H3,(H,35,38)/t19-,20?,21?/m1/s1. The fraction of sp³-hybridized carbons (Fsp3) is 0.484. The molecule has 2 unspecified atom stereocenters. The second kappa shape index (κ2) is 10.2. The molecule has 2 amide bonds. The number of carbonyl (C=O) groups is 2. The number of rotatable bonds is 3. The first-order valence-corrected chi connectivity index (χ1v) is 15.1. The van der Waals surface area contributed by atoms with Crippen molar-refractivity contribution in [3.63, 3.8) is 0 Å². The Hall–Kier alpha value is -3.84. The minimum absolute atomic E-state index is 0.0417. The number of hydrogen-bond donors (Lipinski definition) is 2. The Morgan fingerprint density at radius 1 is 1.15 bits per heavy atom. The lowest BCUT2D eigenvalue weighted by atomic mass is 9.84. The number of thiophene rings is 1. The quantitative estimate of drug-likeness (QED) is 0.456. The van der Waals surface area contributed by atoms with E-state index in [0.29, 0.717) is 42.1 Å². The highest BCUT2D eigenvalue weighted by molar-refractivity contribution is 7.21. The number of piperazine rings is 1. The molecule has 214 valence electrons. The maximum Gasteiger partial charge on any atom is 0.410 e. The van der Waals surface area contributed by atoms with Crippen LogP contribution in [0.4, 0.5) is 16.2 Å². The molecule has 3 N–H and O–H groups in total. The van der Waals surface area contributed by atoms with Crippen LogP contribution in [0.5, 0.6) is 0 Å². The van der Waals surface area contributed by atoms with Gasteiger partial charge in [-0.05, 0) is 89.1 Å². The Morgan fingerprint density at radius 3 is 2.56 bits per heavy atom. The number of aromatic nitrogens is 1. The van der Waals surface area contributed by atoms with Crippen molar-refractivity contribution in [2.45, 2.75) is 83.5 Å². The molecule has 4 heterocycles. The molecule has 2 fully saturated rings. The van der Waals surface area contributed by atoms with Gasteiger partial charge >= 0.3 is 6.09 Å². The van der Waals surface area contributed by atoms with Crippen molar-refractivity contribution in [3.8, 4) is 6.07 Å². The third kappa shape index (κ3) is 5.08. The lowest BCUT2D eigenvalue weighted by molar-refractivity contribution is 0.0123. The predicted molar refractivity (Wildman–Crippen MR) is 160 cm³/mol. The SMILES string of the molecule is Cc1ccc2c(N)c(C(=O)N[C@@H]3CCc4c(ccc(N5CC6CCC(C5)N6C(=O)OC(C)(C)C)c4C#N)C3)sc2n1. The number of anilines is 2. The van der Waals surface area contributed by atoms with E-state index in [1.165, 1.54) is 11.3 Å². The van der Waals surface area contributed by atoms with Gasteiger partial charge in [0, 0.05) is 30.2 Å². The molecule has 1 aromatic carbocycles. The van der Waals surface area contributed by atoms with E-state index >= 15 is 0 Å². The van der Waals surface area contributed by atoms with E-state index in [-0.39, 0.29) is 30.1 Å². The predicted octanol–water partition coefficient (Wildman–Crippen LogP) is 4.93. The van der Waals surface area contributed by atoms with E-state index < -0.39 is 5.60 Å². The van der Waals surface area contributed by atoms with Gasteiger partial charge in [0.25, 0.3) is 5.91 Å². The molecule has 2 aromatic heterocycles. The van der Waals surface area contributed by atoms with Gasteiger partial charge in [0.15, 0.2) is 0 Å². The third-order valence-electron chi connectivity index (χ3n) is 8.41. The van der Waals surface area contributed by atoms with Gasteiger partial charge in [-0.15, -0.1) is 11.3 Å². The Bertz CT molecular complexity index is 1570. The summed E-state index contributed by atoms with van der Waals surface area (Å²) < 4.78 is 5.69. The number of ether oxygens (including phenoxy) is 1. The molecule has 9 nitrogen and oxygen atoms in total. The number of nitriles is 1. The van der Waals surface area contributed by atoms with Crippen molar-refractivity contribution in [2.75, 3.05) is 23.7 Å². The van der Waals surface area contributed by atoms with Crippen molar-refractivity contribution < 1.29 is 14.3 Å². The average Bonchev–Trinajstić information content (AvgIpc) is 3.38. The van der Waals surface area contributed by atoms with Gasteiger partial charge in [0.1, 0.15) is 21.4 Å². The van der Waals surface area contributed by atoms with Gasteiger partial charge in [-0.3, -0.25) is 9.69 Å². The average molecular weight is 573 g/mol. The molecule has 6 rings (SSSR count). The van der Waals surface area contributed by atoms with Crippen LogP contribution in [0.15, 0.2) is 24.3 Å². The first-order valence-electron chi connectivity index (χ1n) is 14.3. The summed E-state index contributed by atoms with van der Waals surface area (Å²) in [6.07, 6.45) is 3.76. The number of nitrogens with two attached hydrogens (primary N) is 1. The smallest absolute Gasteiger partial charge is 0.410 e. The van der Waals surface area contributed by atoms with Crippen LogP contribution in [0.25, 0.3) is 10.2 Å². The summed E-state index contributed by atoms with van der Waals surface area (Å²) in [4.78, 5) is 36.1. The highest BCUT2D eigenvalue weighted by atomic mass is 32.1. The van der Waals surface area contributed by atoms with Crippen molar-refractivity contribution >= 4 is 44.9 Å². The van der Waals surface area contributed by atoms with E-state index in [0.717, 1.165) is 52.0 Å². The van der Waals surface area contributed by atoms with E-state index in [1.54, 1.807) is 0 Å². The summed E-state index contributed by atoms with van der Waals surface area (Å²) in [5.74, 6) is -0.174. The highest BCUT2D eigenvalue weighted by Gasteiger charge is 2.45. The molecule has 3 aromatic rings. The maximum absolute atomic E-state index is 13.2. The number of benzene rings is 1. The molecule has 0 radical (unpaired) electrons. The molecule has 3 aliphatic rings. The van der Waals surface area contributed by atoms with Gasteiger partial charge in [-0.25, -0.2) is 9.78 Å². The Labute approximate surface area is 244 Å². The molecule has 10 heteroatoms. The number of carbonyl (C=O) groups excluding carboxylic acids is 2. The van der Waals surface area contributed by atoms with Gasteiger partial charge in [-0.1, -0.05) is 6.07 Å². The lowest BCUT2D eigenvalue weighted by Gasteiger charge is -2.43. The van der Waals surface area contributed by atoms with Crippen LogP contribution in [0.3, 0.4) is 0 Å². The third-order valence-corrected chi connectivity index (χ3v) is 9.52. The minimum atomic E-state index is -0.529. The number of nitrogens with zero attached hydrogens (tertiary/aromatic N) is 4.